The molecule has 8 heteroatoms. The van der Waals surface area contributed by atoms with Crippen molar-refractivity contribution < 1.29 is 19.2 Å². The van der Waals surface area contributed by atoms with Gasteiger partial charge in [0.1, 0.15) is 0 Å². The Morgan fingerprint density at radius 1 is 1.12 bits per heavy atom. The fourth-order valence-electron chi connectivity index (χ4n) is 4.85. The number of hydrogen-bond donors (Lipinski definition) is 1. The lowest BCUT2D eigenvalue weighted by Gasteiger charge is -2.36. The third kappa shape index (κ3) is 4.19. The van der Waals surface area contributed by atoms with Crippen molar-refractivity contribution in [2.45, 2.75) is 31.6 Å². The number of dihydropyridines is 1. The zero-order valence-corrected chi connectivity index (χ0v) is 19.6. The minimum Gasteiger partial charge on any atom is -0.466 e. The second-order valence-electron chi connectivity index (χ2n) is 8.85. The van der Waals surface area contributed by atoms with E-state index in [1.54, 1.807) is 19.1 Å². The first-order chi connectivity index (χ1) is 16.2. The highest BCUT2D eigenvalue weighted by Crippen LogP contribution is 2.46. The predicted octanol–water partition coefficient (Wildman–Crippen LogP) is 4.20. The number of benzene rings is 2. The van der Waals surface area contributed by atoms with E-state index in [1.807, 2.05) is 43.3 Å². The molecule has 0 radical (unpaired) electrons. The van der Waals surface area contributed by atoms with Crippen LogP contribution < -0.4 is 10.2 Å². The minimum atomic E-state index is -0.729. The number of ketones is 1. The van der Waals surface area contributed by atoms with Gasteiger partial charge in [0, 0.05) is 61.2 Å². The van der Waals surface area contributed by atoms with Gasteiger partial charge in [0.25, 0.3) is 5.69 Å². The summed E-state index contributed by atoms with van der Waals surface area (Å²) in [4.78, 5) is 39.2. The quantitative estimate of drug-likeness (QED) is 0.405. The maximum absolute atomic E-state index is 13.5. The number of esters is 1. The Balaban J connectivity index is 1.78. The van der Waals surface area contributed by atoms with E-state index in [9.17, 15) is 19.7 Å². The highest BCUT2D eigenvalue weighted by Gasteiger charge is 2.41. The molecular weight excluding hydrogens is 434 g/mol. The van der Waals surface area contributed by atoms with Crippen LogP contribution >= 0.6 is 0 Å². The number of rotatable bonds is 5. The van der Waals surface area contributed by atoms with E-state index in [1.165, 1.54) is 19.2 Å². The molecule has 8 nitrogen and oxygen atoms in total. The number of nitrogens with zero attached hydrogens (tertiary/aromatic N) is 2. The van der Waals surface area contributed by atoms with E-state index in [-0.39, 0.29) is 17.4 Å². The zero-order valence-electron chi connectivity index (χ0n) is 19.6. The summed E-state index contributed by atoms with van der Waals surface area (Å²) in [7, 11) is 5.24. The molecular formula is C26H27N3O5. The lowest BCUT2D eigenvalue weighted by molar-refractivity contribution is -0.384. The number of non-ortho nitro benzene ring substituents is 1. The summed E-state index contributed by atoms with van der Waals surface area (Å²) in [6.45, 7) is 1.76. The molecule has 0 aromatic heterocycles. The number of ether oxygens (including phenoxy) is 1. The monoisotopic (exact) mass is 461 g/mol. The summed E-state index contributed by atoms with van der Waals surface area (Å²) in [6, 6.07) is 14.3. The second-order valence-corrected chi connectivity index (χ2v) is 8.85. The second kappa shape index (κ2) is 9.13. The molecule has 4 rings (SSSR count). The van der Waals surface area contributed by atoms with Gasteiger partial charge in [0.2, 0.25) is 0 Å². The van der Waals surface area contributed by atoms with Gasteiger partial charge in [-0.25, -0.2) is 4.79 Å². The van der Waals surface area contributed by atoms with Gasteiger partial charge in [0.15, 0.2) is 5.78 Å². The third-order valence-corrected chi connectivity index (χ3v) is 6.53. The molecule has 0 bridgehead atoms. The van der Waals surface area contributed by atoms with Crippen LogP contribution in [0.15, 0.2) is 71.1 Å². The molecule has 0 amide bonds. The first kappa shape index (κ1) is 23.2. The number of nitro groups is 1. The average molecular weight is 462 g/mol. The number of allylic oxidation sites excluding steroid dienone is 3. The fraction of sp³-hybridized carbons (Fsp3) is 0.308. The van der Waals surface area contributed by atoms with Crippen LogP contribution in [0.3, 0.4) is 0 Å². The zero-order chi connectivity index (χ0) is 24.6. The van der Waals surface area contributed by atoms with Crippen LogP contribution in [0.4, 0.5) is 11.4 Å². The SMILES string of the molecule is COC(=O)C1=C(C)NC2=C(C(=O)C[C@@H](c3ccc(N(C)C)cc3)C2)[C@H]1c1cccc([N+](=O)[O-])c1. The van der Waals surface area contributed by atoms with E-state index in [0.717, 1.165) is 16.9 Å². The molecule has 1 heterocycles. The maximum atomic E-state index is 13.5. The Morgan fingerprint density at radius 2 is 1.82 bits per heavy atom. The van der Waals surface area contributed by atoms with Gasteiger partial charge >= 0.3 is 5.97 Å². The van der Waals surface area contributed by atoms with E-state index in [0.29, 0.717) is 35.2 Å². The van der Waals surface area contributed by atoms with Gasteiger partial charge in [-0.1, -0.05) is 24.3 Å². The summed E-state index contributed by atoms with van der Waals surface area (Å²) < 4.78 is 5.02. The van der Waals surface area contributed by atoms with Gasteiger partial charge in [-0.05, 0) is 42.5 Å². The minimum absolute atomic E-state index is 0.00630. The third-order valence-electron chi connectivity index (χ3n) is 6.53. The molecule has 0 saturated carbocycles. The van der Waals surface area contributed by atoms with Crippen molar-refractivity contribution >= 4 is 23.1 Å². The van der Waals surface area contributed by atoms with Gasteiger partial charge in [-0.2, -0.15) is 0 Å². The molecule has 2 atom stereocenters. The van der Waals surface area contributed by atoms with Crippen molar-refractivity contribution in [3.63, 3.8) is 0 Å². The molecule has 0 spiro atoms. The molecule has 2 aliphatic rings. The summed E-state index contributed by atoms with van der Waals surface area (Å²) in [6.07, 6.45) is 0.889. The first-order valence-electron chi connectivity index (χ1n) is 11.0. The Hall–Kier alpha value is -3.94. The van der Waals surface area contributed by atoms with Crippen molar-refractivity contribution in [1.82, 2.24) is 5.32 Å². The number of methoxy groups -OCH3 is 1. The van der Waals surface area contributed by atoms with Crippen molar-refractivity contribution in [3.05, 3.63) is 92.3 Å². The van der Waals surface area contributed by atoms with Gasteiger partial charge < -0.3 is 15.0 Å². The molecule has 0 unspecified atom stereocenters. The van der Waals surface area contributed by atoms with Crippen LogP contribution in [0, 0.1) is 10.1 Å². The Labute approximate surface area is 198 Å². The van der Waals surface area contributed by atoms with Crippen LogP contribution in [0.5, 0.6) is 0 Å². The first-order valence-corrected chi connectivity index (χ1v) is 11.0. The molecule has 0 saturated heterocycles. The largest absolute Gasteiger partial charge is 0.466 e. The molecule has 1 N–H and O–H groups in total. The summed E-state index contributed by atoms with van der Waals surface area (Å²) in [5, 5.41) is 14.7. The normalized spacial score (nSPS) is 19.9. The maximum Gasteiger partial charge on any atom is 0.336 e. The van der Waals surface area contributed by atoms with E-state index in [4.69, 9.17) is 4.74 Å². The summed E-state index contributed by atoms with van der Waals surface area (Å²) in [5.74, 6) is -1.38. The number of carbonyl (C=O) groups excluding carboxylic acids is 2. The predicted molar refractivity (Wildman–Crippen MR) is 128 cm³/mol. The molecule has 2 aromatic carbocycles. The number of anilines is 1. The number of carbonyl (C=O) groups is 2. The number of nitro benzene ring substituents is 1. The molecule has 1 aliphatic heterocycles. The molecule has 34 heavy (non-hydrogen) atoms. The fourth-order valence-corrected chi connectivity index (χ4v) is 4.85. The molecule has 2 aromatic rings. The van der Waals surface area contributed by atoms with Crippen LogP contribution in [0.2, 0.25) is 0 Å². The van der Waals surface area contributed by atoms with Crippen LogP contribution in [0.25, 0.3) is 0 Å². The average Bonchev–Trinajstić information content (AvgIpc) is 2.82. The molecule has 176 valence electrons. The van der Waals surface area contributed by atoms with Crippen LogP contribution in [-0.2, 0) is 14.3 Å². The van der Waals surface area contributed by atoms with Crippen molar-refractivity contribution in [1.29, 1.82) is 0 Å². The van der Waals surface area contributed by atoms with Gasteiger partial charge in [-0.3, -0.25) is 14.9 Å². The van der Waals surface area contributed by atoms with E-state index >= 15 is 0 Å². The Kier molecular flexibility index (Phi) is 6.24. The topological polar surface area (TPSA) is 102 Å². The number of hydrogen-bond acceptors (Lipinski definition) is 7. The van der Waals surface area contributed by atoms with Crippen molar-refractivity contribution in [3.8, 4) is 0 Å². The van der Waals surface area contributed by atoms with Gasteiger partial charge in [-0.15, -0.1) is 0 Å². The number of nitrogens with one attached hydrogen (secondary N) is 1. The van der Waals surface area contributed by atoms with Crippen molar-refractivity contribution in [2.75, 3.05) is 26.1 Å². The standard InChI is InChI=1S/C26H27N3O5/c1-15-23(26(31)34-4)24(17-6-5-7-20(12-17)29(32)33)25-21(27-15)13-18(14-22(25)30)16-8-10-19(11-9-16)28(2)3/h5-12,18,24,27H,13-14H2,1-4H3/t18-,24-/m0/s1. The summed E-state index contributed by atoms with van der Waals surface area (Å²) >= 11 is 0. The highest BCUT2D eigenvalue weighted by atomic mass is 16.6. The highest BCUT2D eigenvalue weighted by molar-refractivity contribution is 6.04. The molecule has 1 aliphatic carbocycles. The van der Waals surface area contributed by atoms with E-state index in [2.05, 4.69) is 5.32 Å². The smallest absolute Gasteiger partial charge is 0.336 e. The Morgan fingerprint density at radius 3 is 2.44 bits per heavy atom. The Bertz CT molecular complexity index is 1230. The summed E-state index contributed by atoms with van der Waals surface area (Å²) in [5.41, 5.74) is 4.68. The molecule has 0 fully saturated rings. The lowest BCUT2D eigenvalue weighted by Crippen LogP contribution is -2.36. The van der Waals surface area contributed by atoms with Crippen molar-refractivity contribution in [2.24, 2.45) is 0 Å². The lowest BCUT2D eigenvalue weighted by atomic mass is 9.71. The van der Waals surface area contributed by atoms with Crippen LogP contribution in [-0.4, -0.2) is 37.9 Å². The van der Waals surface area contributed by atoms with Gasteiger partial charge in [0.05, 0.1) is 17.6 Å². The van der Waals surface area contributed by atoms with Crippen LogP contribution in [0.1, 0.15) is 42.7 Å². The number of Topliss-reactive ketones (excluding diaryl/α,β-unsaturated/α-hetero) is 1. The van der Waals surface area contributed by atoms with E-state index < -0.39 is 16.8 Å².